The van der Waals surface area contributed by atoms with Crippen molar-refractivity contribution in [1.29, 1.82) is 0 Å². The summed E-state index contributed by atoms with van der Waals surface area (Å²) < 4.78 is 6.74. The monoisotopic (exact) mass is 424 g/mol. The number of likely N-dealkylation sites (N-methyl/N-ethyl adjacent to an activating group) is 1. The summed E-state index contributed by atoms with van der Waals surface area (Å²) in [5.74, 6) is -0.565. The van der Waals surface area contributed by atoms with Crippen LogP contribution < -0.4 is 0 Å². The molecule has 0 spiro atoms. The normalized spacial score (nSPS) is 25.9. The lowest BCUT2D eigenvalue weighted by molar-refractivity contribution is -0.921. The summed E-state index contributed by atoms with van der Waals surface area (Å²) in [4.78, 5) is 21.6. The van der Waals surface area contributed by atoms with Crippen molar-refractivity contribution in [3.63, 3.8) is 0 Å². The molecule has 2 unspecified atom stereocenters. The van der Waals surface area contributed by atoms with Crippen molar-refractivity contribution in [3.05, 3.63) is 60.2 Å². The summed E-state index contributed by atoms with van der Waals surface area (Å²) in [6.45, 7) is 2.37. The summed E-state index contributed by atoms with van der Waals surface area (Å²) >= 11 is 0. The number of quaternary nitrogens is 1. The van der Waals surface area contributed by atoms with E-state index in [2.05, 4.69) is 17.0 Å². The van der Waals surface area contributed by atoms with Gasteiger partial charge in [-0.2, -0.15) is 0 Å². The van der Waals surface area contributed by atoms with E-state index in [0.29, 0.717) is 12.2 Å². The molecule has 1 saturated carbocycles. The third kappa shape index (κ3) is 4.65. The number of rotatable bonds is 8. The lowest BCUT2D eigenvalue weighted by Gasteiger charge is -2.37. The highest BCUT2D eigenvalue weighted by Crippen LogP contribution is 2.41. The number of hydrogen-bond donors (Lipinski definition) is 1. The van der Waals surface area contributed by atoms with E-state index in [1.54, 1.807) is 12.5 Å². The van der Waals surface area contributed by atoms with Gasteiger partial charge in [-0.3, -0.25) is 0 Å². The van der Waals surface area contributed by atoms with Gasteiger partial charge in [0.15, 0.2) is 5.60 Å². The smallest absolute Gasteiger partial charge is 0.343 e. The Morgan fingerprint density at radius 2 is 1.94 bits per heavy atom. The van der Waals surface area contributed by atoms with E-state index in [1.165, 1.54) is 0 Å². The van der Waals surface area contributed by atoms with Crippen LogP contribution in [0.25, 0.3) is 0 Å². The highest BCUT2D eigenvalue weighted by Gasteiger charge is 2.48. The van der Waals surface area contributed by atoms with E-state index in [9.17, 15) is 9.90 Å². The Morgan fingerprint density at radius 3 is 2.65 bits per heavy atom. The van der Waals surface area contributed by atoms with Crippen LogP contribution >= 0.6 is 0 Å². The van der Waals surface area contributed by atoms with Crippen LogP contribution in [-0.4, -0.2) is 58.3 Å². The maximum Gasteiger partial charge on any atom is 0.343 e. The standard InChI is InChI=1S/C25H34N3O3/c1-28(17-14-22-13-15-26-19-27-22)16-7-12-23(28)18-31-24(29)25(30,21-10-5-6-11-21)20-8-3-2-4-9-20/h2-4,8-9,13,15,19,21,23,30H,5-7,10-12,14,16-18H2,1H3/q+1/t23-,25?,28?/m1/s1. The second-order valence-electron chi connectivity index (χ2n) is 9.39. The van der Waals surface area contributed by atoms with Crippen molar-refractivity contribution in [2.24, 2.45) is 5.92 Å². The molecule has 2 heterocycles. The minimum Gasteiger partial charge on any atom is -0.457 e. The fourth-order valence-corrected chi connectivity index (χ4v) is 5.41. The molecule has 166 valence electrons. The fourth-order valence-electron chi connectivity index (χ4n) is 5.41. The molecule has 4 rings (SSSR count). The van der Waals surface area contributed by atoms with Crippen LogP contribution in [0.1, 0.15) is 49.8 Å². The molecule has 6 heteroatoms. The molecule has 2 aromatic rings. The third-order valence-corrected chi connectivity index (χ3v) is 7.49. The molecule has 1 saturated heterocycles. The molecule has 1 aliphatic heterocycles. The summed E-state index contributed by atoms with van der Waals surface area (Å²) in [5, 5.41) is 11.6. The predicted molar refractivity (Wildman–Crippen MR) is 118 cm³/mol. The van der Waals surface area contributed by atoms with Crippen molar-refractivity contribution < 1.29 is 19.1 Å². The average molecular weight is 425 g/mol. The zero-order valence-electron chi connectivity index (χ0n) is 18.4. The Kier molecular flexibility index (Phi) is 6.68. The number of carbonyl (C=O) groups is 1. The summed E-state index contributed by atoms with van der Waals surface area (Å²) in [6.07, 6.45) is 10.2. The number of carbonyl (C=O) groups excluding carboxylic acids is 1. The first-order valence-electron chi connectivity index (χ1n) is 11.6. The summed E-state index contributed by atoms with van der Waals surface area (Å²) in [5.41, 5.74) is 0.136. The lowest BCUT2D eigenvalue weighted by Crippen LogP contribution is -2.52. The molecule has 0 amide bonds. The van der Waals surface area contributed by atoms with Crippen LogP contribution in [-0.2, 0) is 21.6 Å². The molecule has 1 aromatic heterocycles. The zero-order chi connectivity index (χ0) is 21.7. The van der Waals surface area contributed by atoms with E-state index >= 15 is 0 Å². The van der Waals surface area contributed by atoms with Crippen molar-refractivity contribution in [2.45, 2.75) is 56.6 Å². The predicted octanol–water partition coefficient (Wildman–Crippen LogP) is 3.25. The Labute approximate surface area is 184 Å². The molecule has 6 nitrogen and oxygen atoms in total. The van der Waals surface area contributed by atoms with Crippen LogP contribution in [0.4, 0.5) is 0 Å². The number of benzene rings is 1. The van der Waals surface area contributed by atoms with E-state index in [4.69, 9.17) is 4.74 Å². The van der Waals surface area contributed by atoms with Crippen molar-refractivity contribution in [1.82, 2.24) is 9.97 Å². The molecule has 3 atom stereocenters. The number of ether oxygens (including phenoxy) is 1. The number of aromatic nitrogens is 2. The Bertz CT molecular complexity index is 857. The van der Waals surface area contributed by atoms with Gasteiger partial charge in [0.05, 0.1) is 20.1 Å². The third-order valence-electron chi connectivity index (χ3n) is 7.49. The van der Waals surface area contributed by atoms with Gasteiger partial charge in [0.25, 0.3) is 0 Å². The summed E-state index contributed by atoms with van der Waals surface area (Å²) in [6, 6.07) is 11.5. The van der Waals surface area contributed by atoms with Crippen LogP contribution in [0.2, 0.25) is 0 Å². The Hall–Kier alpha value is -2.31. The second-order valence-corrected chi connectivity index (χ2v) is 9.39. The second kappa shape index (κ2) is 9.45. The van der Waals surface area contributed by atoms with Crippen molar-refractivity contribution >= 4 is 5.97 Å². The number of hydrogen-bond acceptors (Lipinski definition) is 5. The first-order valence-corrected chi connectivity index (χ1v) is 11.6. The van der Waals surface area contributed by atoms with Gasteiger partial charge in [-0.1, -0.05) is 43.2 Å². The van der Waals surface area contributed by atoms with Gasteiger partial charge < -0.3 is 14.3 Å². The molecular weight excluding hydrogens is 390 g/mol. The Morgan fingerprint density at radius 1 is 1.16 bits per heavy atom. The maximum absolute atomic E-state index is 13.3. The van der Waals surface area contributed by atoms with Gasteiger partial charge in [0, 0.05) is 37.1 Å². The van der Waals surface area contributed by atoms with E-state index in [0.717, 1.165) is 68.2 Å². The van der Waals surface area contributed by atoms with E-state index in [1.807, 2.05) is 36.4 Å². The highest BCUT2D eigenvalue weighted by atomic mass is 16.6. The molecule has 1 N–H and O–H groups in total. The van der Waals surface area contributed by atoms with Gasteiger partial charge in [0.2, 0.25) is 0 Å². The Balaban J connectivity index is 1.43. The number of likely N-dealkylation sites (tertiary alicyclic amines) is 1. The van der Waals surface area contributed by atoms with Crippen molar-refractivity contribution in [3.8, 4) is 0 Å². The molecule has 2 aliphatic rings. The van der Waals surface area contributed by atoms with Gasteiger partial charge in [-0.15, -0.1) is 0 Å². The quantitative estimate of drug-likeness (QED) is 0.520. The van der Waals surface area contributed by atoms with Crippen LogP contribution in [0, 0.1) is 5.92 Å². The molecule has 1 aliphatic carbocycles. The van der Waals surface area contributed by atoms with Gasteiger partial charge in [-0.25, -0.2) is 14.8 Å². The van der Waals surface area contributed by atoms with Gasteiger partial charge >= 0.3 is 5.97 Å². The van der Waals surface area contributed by atoms with E-state index < -0.39 is 11.6 Å². The highest BCUT2D eigenvalue weighted by molar-refractivity contribution is 5.81. The molecule has 31 heavy (non-hydrogen) atoms. The number of esters is 1. The molecule has 0 bridgehead atoms. The molecule has 0 radical (unpaired) electrons. The number of aliphatic hydroxyl groups is 1. The van der Waals surface area contributed by atoms with Crippen LogP contribution in [0.15, 0.2) is 48.9 Å². The first kappa shape index (κ1) is 21.9. The zero-order valence-corrected chi connectivity index (χ0v) is 18.4. The lowest BCUT2D eigenvalue weighted by atomic mass is 9.80. The fraction of sp³-hybridized carbons (Fsp3) is 0.560. The minimum absolute atomic E-state index is 0.0791. The van der Waals surface area contributed by atoms with Gasteiger partial charge in [0.1, 0.15) is 19.0 Å². The largest absolute Gasteiger partial charge is 0.457 e. The maximum atomic E-state index is 13.3. The molecular formula is C25H34N3O3+. The first-order chi connectivity index (χ1) is 15.0. The van der Waals surface area contributed by atoms with E-state index in [-0.39, 0.29) is 12.0 Å². The molecule has 1 aromatic carbocycles. The van der Waals surface area contributed by atoms with Crippen LogP contribution in [0.3, 0.4) is 0 Å². The van der Waals surface area contributed by atoms with Gasteiger partial charge in [-0.05, 0) is 24.5 Å². The average Bonchev–Trinajstić information content (AvgIpc) is 3.48. The van der Waals surface area contributed by atoms with Crippen molar-refractivity contribution in [2.75, 3.05) is 26.7 Å². The molecule has 2 fully saturated rings. The van der Waals surface area contributed by atoms with Crippen LogP contribution in [0.5, 0.6) is 0 Å². The summed E-state index contributed by atoms with van der Waals surface area (Å²) in [7, 11) is 2.24. The minimum atomic E-state index is -1.55. The number of nitrogens with zero attached hydrogens (tertiary/aromatic N) is 3. The SMILES string of the molecule is C[N+]1(CCc2ccncn2)CCC[C@@H]1COC(=O)C(O)(c1ccccc1)C1CCCC1. The topological polar surface area (TPSA) is 72.3 Å².